The summed E-state index contributed by atoms with van der Waals surface area (Å²) in [5.74, 6) is -0.278. The lowest BCUT2D eigenvalue weighted by molar-refractivity contribution is -0.118. The Morgan fingerprint density at radius 2 is 2.10 bits per heavy atom. The van der Waals surface area contributed by atoms with Crippen molar-refractivity contribution >= 4 is 22.4 Å². The van der Waals surface area contributed by atoms with E-state index < -0.39 is 6.04 Å². The van der Waals surface area contributed by atoms with Gasteiger partial charge in [-0.1, -0.05) is 41.7 Å². The van der Waals surface area contributed by atoms with Gasteiger partial charge >= 0.3 is 0 Å². The van der Waals surface area contributed by atoms with E-state index in [1.54, 1.807) is 5.51 Å². The van der Waals surface area contributed by atoms with Crippen LogP contribution < -0.4 is 5.32 Å². The van der Waals surface area contributed by atoms with Crippen LogP contribution in [0.15, 0.2) is 42.2 Å². The number of amides is 1. The Balaban J connectivity index is 1.92. The van der Waals surface area contributed by atoms with E-state index in [0.717, 1.165) is 5.56 Å². The Labute approximate surface area is 117 Å². The lowest BCUT2D eigenvalue weighted by Crippen LogP contribution is -2.27. The molecule has 8 nitrogen and oxygen atoms in total. The summed E-state index contributed by atoms with van der Waals surface area (Å²) in [6, 6.07) is 8.60. The van der Waals surface area contributed by atoms with Gasteiger partial charge in [0.1, 0.15) is 11.8 Å². The van der Waals surface area contributed by atoms with Crippen molar-refractivity contribution in [2.75, 3.05) is 5.32 Å². The minimum absolute atomic E-state index is 0.278. The molecule has 100 valence electrons. The van der Waals surface area contributed by atoms with Crippen molar-refractivity contribution < 1.29 is 4.79 Å². The van der Waals surface area contributed by atoms with Crippen LogP contribution in [0.2, 0.25) is 0 Å². The van der Waals surface area contributed by atoms with Gasteiger partial charge in [0, 0.05) is 0 Å². The van der Waals surface area contributed by atoms with Gasteiger partial charge in [-0.2, -0.15) is 0 Å². The molecule has 0 saturated heterocycles. The average Bonchev–Trinajstić information content (AvgIpc) is 3.14. The first-order chi connectivity index (χ1) is 9.84. The molecule has 0 aliphatic carbocycles. The van der Waals surface area contributed by atoms with Crippen LogP contribution in [0.5, 0.6) is 0 Å². The maximum absolute atomic E-state index is 12.4. The summed E-state index contributed by atoms with van der Waals surface area (Å²) >= 11 is 1.25. The summed E-state index contributed by atoms with van der Waals surface area (Å²) in [4.78, 5) is 12.4. The molecule has 0 unspecified atom stereocenters. The Morgan fingerprint density at radius 1 is 1.25 bits per heavy atom. The van der Waals surface area contributed by atoms with E-state index in [9.17, 15) is 4.79 Å². The van der Waals surface area contributed by atoms with Crippen LogP contribution >= 0.6 is 11.3 Å². The summed E-state index contributed by atoms with van der Waals surface area (Å²) in [6.45, 7) is 0. The smallest absolute Gasteiger partial charge is 0.255 e. The standard InChI is InChI=1S/C11H9N7OS/c19-10(14-11-15-13-7-20-11)9(18-6-12-16-17-18)8-4-2-1-3-5-8/h1-7,9H,(H,14,15,19)/t9-/m1/s1. The molecule has 2 aromatic heterocycles. The molecular weight excluding hydrogens is 278 g/mol. The normalized spacial score (nSPS) is 12.0. The zero-order chi connectivity index (χ0) is 13.8. The number of tetrazole rings is 1. The Bertz CT molecular complexity index is 668. The number of hydrogen-bond donors (Lipinski definition) is 1. The molecule has 0 spiro atoms. The first-order valence-electron chi connectivity index (χ1n) is 5.69. The minimum Gasteiger partial charge on any atom is -0.298 e. The maximum atomic E-state index is 12.4. The summed E-state index contributed by atoms with van der Waals surface area (Å²) in [7, 11) is 0. The number of nitrogens with one attached hydrogen (secondary N) is 1. The van der Waals surface area contributed by atoms with Gasteiger partial charge in [-0.3, -0.25) is 10.1 Å². The predicted molar refractivity (Wildman–Crippen MR) is 70.9 cm³/mol. The summed E-state index contributed by atoms with van der Waals surface area (Å²) in [5, 5.41) is 21.6. The molecule has 3 aromatic rings. The van der Waals surface area contributed by atoms with E-state index in [2.05, 4.69) is 31.0 Å². The maximum Gasteiger partial charge on any atom is 0.255 e. The third-order valence-corrected chi connectivity index (χ3v) is 3.19. The quantitative estimate of drug-likeness (QED) is 0.760. The molecule has 1 atom stereocenters. The van der Waals surface area contributed by atoms with Crippen LogP contribution in [0.3, 0.4) is 0 Å². The van der Waals surface area contributed by atoms with Gasteiger partial charge in [-0.05, 0) is 16.0 Å². The summed E-state index contributed by atoms with van der Waals surface area (Å²) in [6.07, 6.45) is 1.40. The van der Waals surface area contributed by atoms with Crippen molar-refractivity contribution in [2.24, 2.45) is 0 Å². The number of carbonyl (C=O) groups is 1. The molecule has 0 aliphatic rings. The number of benzene rings is 1. The number of nitrogens with zero attached hydrogens (tertiary/aromatic N) is 6. The Kier molecular flexibility index (Phi) is 3.42. The van der Waals surface area contributed by atoms with Gasteiger partial charge in [-0.15, -0.1) is 15.3 Å². The first kappa shape index (κ1) is 12.4. The van der Waals surface area contributed by atoms with Gasteiger partial charge in [0.05, 0.1) is 0 Å². The Hall–Kier alpha value is -2.68. The zero-order valence-electron chi connectivity index (χ0n) is 10.1. The molecule has 0 radical (unpaired) electrons. The second-order valence-corrected chi connectivity index (χ2v) is 4.67. The van der Waals surface area contributed by atoms with E-state index >= 15 is 0 Å². The largest absolute Gasteiger partial charge is 0.298 e. The second kappa shape index (κ2) is 5.53. The zero-order valence-corrected chi connectivity index (χ0v) is 10.9. The average molecular weight is 287 g/mol. The molecule has 0 bridgehead atoms. The molecule has 0 fully saturated rings. The molecular formula is C11H9N7OS. The molecule has 3 rings (SSSR count). The molecule has 20 heavy (non-hydrogen) atoms. The van der Waals surface area contributed by atoms with Crippen molar-refractivity contribution in [3.05, 3.63) is 47.7 Å². The van der Waals surface area contributed by atoms with Gasteiger partial charge in [-0.25, -0.2) is 4.68 Å². The number of aromatic nitrogens is 6. The number of rotatable bonds is 4. The molecule has 2 heterocycles. The van der Waals surface area contributed by atoms with Crippen LogP contribution in [0.4, 0.5) is 5.13 Å². The van der Waals surface area contributed by atoms with E-state index in [0.29, 0.717) is 5.13 Å². The van der Waals surface area contributed by atoms with Crippen molar-refractivity contribution in [1.82, 2.24) is 30.4 Å². The van der Waals surface area contributed by atoms with E-state index in [1.807, 2.05) is 30.3 Å². The predicted octanol–water partition coefficient (Wildman–Crippen LogP) is 0.753. The Morgan fingerprint density at radius 3 is 2.75 bits per heavy atom. The highest BCUT2D eigenvalue weighted by molar-refractivity contribution is 7.13. The van der Waals surface area contributed by atoms with Crippen LogP contribution in [0.1, 0.15) is 11.6 Å². The van der Waals surface area contributed by atoms with Crippen molar-refractivity contribution in [3.8, 4) is 0 Å². The number of anilines is 1. The number of carbonyl (C=O) groups excluding carboxylic acids is 1. The highest BCUT2D eigenvalue weighted by Gasteiger charge is 2.24. The SMILES string of the molecule is O=C(Nc1nncs1)[C@@H](c1ccccc1)n1cnnn1. The highest BCUT2D eigenvalue weighted by atomic mass is 32.1. The van der Waals surface area contributed by atoms with Gasteiger partial charge in [0.15, 0.2) is 6.04 Å². The monoisotopic (exact) mass is 287 g/mol. The van der Waals surface area contributed by atoms with Crippen LogP contribution in [0, 0.1) is 0 Å². The number of hydrogen-bond acceptors (Lipinski definition) is 7. The lowest BCUT2D eigenvalue weighted by Gasteiger charge is -2.15. The minimum atomic E-state index is -0.657. The molecule has 1 N–H and O–H groups in total. The molecule has 1 aromatic carbocycles. The molecule has 0 aliphatic heterocycles. The van der Waals surface area contributed by atoms with E-state index in [-0.39, 0.29) is 5.91 Å². The first-order valence-corrected chi connectivity index (χ1v) is 6.57. The lowest BCUT2D eigenvalue weighted by atomic mass is 10.1. The van der Waals surface area contributed by atoms with Gasteiger partial charge in [0.25, 0.3) is 5.91 Å². The second-order valence-electron chi connectivity index (χ2n) is 3.84. The highest BCUT2D eigenvalue weighted by Crippen LogP contribution is 2.19. The third kappa shape index (κ3) is 2.52. The van der Waals surface area contributed by atoms with Crippen molar-refractivity contribution in [1.29, 1.82) is 0 Å². The molecule has 9 heteroatoms. The summed E-state index contributed by atoms with van der Waals surface area (Å²) < 4.78 is 1.39. The van der Waals surface area contributed by atoms with E-state index in [1.165, 1.54) is 22.3 Å². The molecule has 0 saturated carbocycles. The van der Waals surface area contributed by atoms with Crippen molar-refractivity contribution in [2.45, 2.75) is 6.04 Å². The van der Waals surface area contributed by atoms with Gasteiger partial charge < -0.3 is 0 Å². The van der Waals surface area contributed by atoms with Crippen LogP contribution in [-0.4, -0.2) is 36.3 Å². The fraction of sp³-hybridized carbons (Fsp3) is 0.0909. The topological polar surface area (TPSA) is 98.5 Å². The van der Waals surface area contributed by atoms with Gasteiger partial charge in [0.2, 0.25) is 5.13 Å². The van der Waals surface area contributed by atoms with Crippen LogP contribution in [0.25, 0.3) is 0 Å². The van der Waals surface area contributed by atoms with Crippen molar-refractivity contribution in [3.63, 3.8) is 0 Å². The fourth-order valence-electron chi connectivity index (χ4n) is 1.75. The van der Waals surface area contributed by atoms with E-state index in [4.69, 9.17) is 0 Å². The molecule has 1 amide bonds. The fourth-order valence-corrected chi connectivity index (χ4v) is 2.20. The summed E-state index contributed by atoms with van der Waals surface area (Å²) in [5.41, 5.74) is 2.33. The van der Waals surface area contributed by atoms with Crippen LogP contribution in [-0.2, 0) is 4.79 Å². The third-order valence-electron chi connectivity index (χ3n) is 2.58.